The molecule has 0 bridgehead atoms. The molecule has 0 aliphatic heterocycles. The Kier molecular flexibility index (Phi) is 5.90. The number of primary amides is 1. The molecule has 0 heterocycles. The van der Waals surface area contributed by atoms with Gasteiger partial charge in [-0.25, -0.2) is 0 Å². The summed E-state index contributed by atoms with van der Waals surface area (Å²) >= 11 is 0. The zero-order valence-corrected chi connectivity index (χ0v) is 7.31. The Bertz CT molecular complexity index is 128. The maximum atomic E-state index is 10.4. The van der Waals surface area contributed by atoms with Crippen molar-refractivity contribution in [3.8, 4) is 0 Å². The van der Waals surface area contributed by atoms with E-state index in [1.165, 1.54) is 19.3 Å². The second-order valence-corrected chi connectivity index (χ2v) is 2.81. The van der Waals surface area contributed by atoms with Crippen molar-refractivity contribution in [2.75, 3.05) is 0 Å². The van der Waals surface area contributed by atoms with Crippen molar-refractivity contribution >= 4 is 5.91 Å². The predicted octanol–water partition coefficient (Wildman–Crippen LogP) is 2.22. The minimum atomic E-state index is -0.356. The fraction of sp³-hybridized carbons (Fsp3) is 0.889. The highest BCUT2D eigenvalue weighted by molar-refractivity contribution is 5.73. The number of carbonyl (C=O) groups is 1. The van der Waals surface area contributed by atoms with Gasteiger partial charge in [0, 0.05) is 7.79 Å². The molecule has 0 radical (unpaired) electrons. The molecule has 0 spiro atoms. The highest BCUT2D eigenvalue weighted by Crippen LogP contribution is 2.05. The Morgan fingerprint density at radius 3 is 2.55 bits per heavy atom. The van der Waals surface area contributed by atoms with E-state index >= 15 is 0 Å². The molecular formula is C9H19NO. The molecule has 0 aromatic carbocycles. The SMILES string of the molecule is [2H]C(CCCCCC)CC(N)=O. The molecule has 0 saturated heterocycles. The lowest BCUT2D eigenvalue weighted by Crippen LogP contribution is -2.09. The first-order valence-electron chi connectivity index (χ1n) is 4.95. The minimum Gasteiger partial charge on any atom is -0.370 e. The predicted molar refractivity (Wildman–Crippen MR) is 47.2 cm³/mol. The highest BCUT2D eigenvalue weighted by atomic mass is 16.1. The van der Waals surface area contributed by atoms with E-state index in [4.69, 9.17) is 7.10 Å². The number of rotatable bonds is 7. The Morgan fingerprint density at radius 1 is 1.36 bits per heavy atom. The molecule has 2 N–H and O–H groups in total. The maximum absolute atomic E-state index is 10.4. The third-order valence-corrected chi connectivity index (χ3v) is 1.61. The van der Waals surface area contributed by atoms with Gasteiger partial charge in [-0.2, -0.15) is 0 Å². The van der Waals surface area contributed by atoms with Gasteiger partial charge in [-0.15, -0.1) is 0 Å². The molecule has 66 valence electrons. The Balaban J connectivity index is 3.19. The first kappa shape index (κ1) is 8.57. The van der Waals surface area contributed by atoms with Crippen molar-refractivity contribution in [3.05, 3.63) is 0 Å². The van der Waals surface area contributed by atoms with E-state index in [2.05, 4.69) is 6.92 Å². The zero-order chi connectivity index (χ0) is 9.40. The van der Waals surface area contributed by atoms with Gasteiger partial charge >= 0.3 is 0 Å². The van der Waals surface area contributed by atoms with Crippen LogP contribution >= 0.6 is 0 Å². The monoisotopic (exact) mass is 158 g/mol. The van der Waals surface area contributed by atoms with Crippen LogP contribution in [0.25, 0.3) is 0 Å². The van der Waals surface area contributed by atoms with Gasteiger partial charge in [0.2, 0.25) is 5.91 Å². The summed E-state index contributed by atoms with van der Waals surface area (Å²) in [5.41, 5.74) is 4.96. The van der Waals surface area contributed by atoms with Gasteiger partial charge in [0.15, 0.2) is 0 Å². The standard InChI is InChI=1S/C9H19NO/c1-2-3-4-5-6-7-8-9(10)11/h2-8H2,1H3,(H2,10,11)/i7D. The van der Waals surface area contributed by atoms with Crippen LogP contribution in [0.15, 0.2) is 0 Å². The van der Waals surface area contributed by atoms with Gasteiger partial charge in [0.1, 0.15) is 0 Å². The molecule has 0 aromatic heterocycles. The largest absolute Gasteiger partial charge is 0.370 e. The molecule has 0 aliphatic carbocycles. The summed E-state index contributed by atoms with van der Waals surface area (Å²) in [6.45, 7) is 2.15. The topological polar surface area (TPSA) is 43.1 Å². The zero-order valence-electron chi connectivity index (χ0n) is 8.31. The average molecular weight is 158 g/mol. The Morgan fingerprint density at radius 2 is 2.00 bits per heavy atom. The van der Waals surface area contributed by atoms with Crippen LogP contribution in [0, 0.1) is 0 Å². The number of carbonyl (C=O) groups excluding carboxylic acids is 1. The summed E-state index contributed by atoms with van der Waals surface area (Å²) in [5, 5.41) is 0. The van der Waals surface area contributed by atoms with Crippen molar-refractivity contribution in [1.82, 2.24) is 0 Å². The van der Waals surface area contributed by atoms with E-state index in [-0.39, 0.29) is 18.7 Å². The van der Waals surface area contributed by atoms with Crippen molar-refractivity contribution in [2.24, 2.45) is 5.73 Å². The fourth-order valence-corrected chi connectivity index (χ4v) is 0.960. The third-order valence-electron chi connectivity index (χ3n) is 1.61. The third kappa shape index (κ3) is 9.47. The normalized spacial score (nSPS) is 14.1. The Hall–Kier alpha value is -0.530. The molecular weight excluding hydrogens is 138 g/mol. The van der Waals surface area contributed by atoms with Crippen LogP contribution in [-0.2, 0) is 4.79 Å². The molecule has 1 amide bonds. The van der Waals surface area contributed by atoms with Gasteiger partial charge in [0.25, 0.3) is 0 Å². The lowest BCUT2D eigenvalue weighted by molar-refractivity contribution is -0.118. The van der Waals surface area contributed by atoms with Crippen molar-refractivity contribution < 1.29 is 6.17 Å². The van der Waals surface area contributed by atoms with Crippen LogP contribution in [0.5, 0.6) is 0 Å². The fourth-order valence-electron chi connectivity index (χ4n) is 0.960. The second-order valence-electron chi connectivity index (χ2n) is 2.81. The lowest BCUT2D eigenvalue weighted by atomic mass is 10.1. The molecule has 11 heavy (non-hydrogen) atoms. The Labute approximate surface area is 70.6 Å². The molecule has 0 saturated carbocycles. The minimum absolute atomic E-state index is 0.214. The molecule has 0 aliphatic rings. The van der Waals surface area contributed by atoms with Crippen LogP contribution in [0.2, 0.25) is 0 Å². The quantitative estimate of drug-likeness (QED) is 0.567. The van der Waals surface area contributed by atoms with Crippen LogP contribution in [-0.4, -0.2) is 5.91 Å². The number of hydrogen-bond acceptors (Lipinski definition) is 1. The molecule has 0 aromatic rings. The van der Waals surface area contributed by atoms with Gasteiger partial charge in [-0.05, 0) is 6.40 Å². The average Bonchev–Trinajstić information content (AvgIpc) is 1.97. The number of hydrogen-bond donors (Lipinski definition) is 1. The summed E-state index contributed by atoms with van der Waals surface area (Å²) in [7, 11) is 0. The first-order chi connectivity index (χ1) is 5.66. The van der Waals surface area contributed by atoms with Crippen LogP contribution in [0.4, 0.5) is 0 Å². The molecule has 2 heteroatoms. The molecule has 1 unspecified atom stereocenters. The molecule has 2 nitrogen and oxygen atoms in total. The number of amides is 1. The van der Waals surface area contributed by atoms with Crippen molar-refractivity contribution in [1.29, 1.82) is 0 Å². The van der Waals surface area contributed by atoms with Crippen molar-refractivity contribution in [3.63, 3.8) is 0 Å². The number of nitrogens with two attached hydrogens (primary N) is 1. The smallest absolute Gasteiger partial charge is 0.217 e. The van der Waals surface area contributed by atoms with Crippen molar-refractivity contribution in [2.45, 2.75) is 51.8 Å². The van der Waals surface area contributed by atoms with Gasteiger partial charge in [-0.1, -0.05) is 39.0 Å². The van der Waals surface area contributed by atoms with Crippen LogP contribution in [0.3, 0.4) is 0 Å². The van der Waals surface area contributed by atoms with Gasteiger partial charge in [0.05, 0.1) is 0 Å². The molecule has 0 rings (SSSR count). The summed E-state index contributed by atoms with van der Waals surface area (Å²) in [5.74, 6) is -0.356. The lowest BCUT2D eigenvalue weighted by Gasteiger charge is -1.97. The second kappa shape index (κ2) is 7.58. The summed E-state index contributed by atoms with van der Waals surface area (Å²) in [6.07, 6.45) is 5.40. The highest BCUT2D eigenvalue weighted by Gasteiger charge is 1.93. The van der Waals surface area contributed by atoms with E-state index in [0.717, 1.165) is 12.8 Å². The van der Waals surface area contributed by atoms with E-state index in [1.807, 2.05) is 0 Å². The summed E-state index contributed by atoms with van der Waals surface area (Å²) < 4.78 is 7.44. The summed E-state index contributed by atoms with van der Waals surface area (Å²) in [4.78, 5) is 10.4. The molecule has 1 atom stereocenters. The molecule has 0 fully saturated rings. The van der Waals surface area contributed by atoms with Gasteiger partial charge in [-0.3, -0.25) is 4.79 Å². The van der Waals surface area contributed by atoms with E-state index in [9.17, 15) is 4.79 Å². The van der Waals surface area contributed by atoms with E-state index in [1.54, 1.807) is 0 Å². The van der Waals surface area contributed by atoms with Crippen LogP contribution < -0.4 is 5.73 Å². The first-order valence-corrected chi connectivity index (χ1v) is 4.37. The van der Waals surface area contributed by atoms with Crippen LogP contribution in [0.1, 0.15) is 53.2 Å². The van der Waals surface area contributed by atoms with E-state index < -0.39 is 0 Å². The summed E-state index contributed by atoms with van der Waals surface area (Å²) in [6, 6.07) is 0. The number of unbranched alkanes of at least 4 members (excludes halogenated alkanes) is 3. The van der Waals surface area contributed by atoms with E-state index in [0.29, 0.717) is 0 Å². The maximum Gasteiger partial charge on any atom is 0.217 e. The van der Waals surface area contributed by atoms with Gasteiger partial charge < -0.3 is 5.73 Å².